The van der Waals surface area contributed by atoms with Crippen LogP contribution in [0, 0.1) is 6.92 Å². The lowest BCUT2D eigenvalue weighted by Gasteiger charge is -2.13. The van der Waals surface area contributed by atoms with Crippen molar-refractivity contribution >= 4 is 0 Å². The molecule has 0 heterocycles. The van der Waals surface area contributed by atoms with Crippen molar-refractivity contribution in [1.29, 1.82) is 0 Å². The first kappa shape index (κ1) is 12.8. The van der Waals surface area contributed by atoms with Crippen LogP contribution >= 0.6 is 0 Å². The maximum atomic E-state index is 11.9. The van der Waals surface area contributed by atoms with Gasteiger partial charge in [0.25, 0.3) is 0 Å². The highest BCUT2D eigenvalue weighted by molar-refractivity contribution is 5.37. The van der Waals surface area contributed by atoms with Crippen molar-refractivity contribution in [2.24, 2.45) is 5.73 Å². The van der Waals surface area contributed by atoms with E-state index in [0.29, 0.717) is 5.56 Å². The average Bonchev–Trinajstić information content (AvgIpc) is 2.14. The topological polar surface area (TPSA) is 35.2 Å². The van der Waals surface area contributed by atoms with Crippen molar-refractivity contribution in [1.82, 2.24) is 0 Å². The van der Waals surface area contributed by atoms with Gasteiger partial charge in [-0.3, -0.25) is 0 Å². The first-order valence-electron chi connectivity index (χ1n) is 4.85. The molecule has 0 amide bonds. The Kier molecular flexibility index (Phi) is 3.80. The molecule has 90 valence electrons. The third-order valence-electron chi connectivity index (χ3n) is 2.12. The second kappa shape index (κ2) is 4.74. The SMILES string of the molecule is Cc1cc(C(C)N)ccc1OCC(F)(F)F. The largest absolute Gasteiger partial charge is 0.484 e. The average molecular weight is 233 g/mol. The summed E-state index contributed by atoms with van der Waals surface area (Å²) in [5.41, 5.74) is 7.18. The van der Waals surface area contributed by atoms with Crippen LogP contribution in [0.25, 0.3) is 0 Å². The Morgan fingerprint density at radius 1 is 1.38 bits per heavy atom. The standard InChI is InChI=1S/C11H14F3NO/c1-7-5-9(8(2)15)3-4-10(7)16-6-11(12,13)14/h3-5,8H,6,15H2,1-2H3. The van der Waals surface area contributed by atoms with Crippen LogP contribution in [0.2, 0.25) is 0 Å². The number of aryl methyl sites for hydroxylation is 1. The van der Waals surface area contributed by atoms with E-state index in [-0.39, 0.29) is 11.8 Å². The molecule has 2 N–H and O–H groups in total. The minimum atomic E-state index is -4.31. The molecular formula is C11H14F3NO. The second-order valence-corrected chi connectivity index (χ2v) is 3.72. The Balaban J connectivity index is 2.76. The maximum Gasteiger partial charge on any atom is 0.422 e. The van der Waals surface area contributed by atoms with Gasteiger partial charge in [0.05, 0.1) is 0 Å². The van der Waals surface area contributed by atoms with Crippen molar-refractivity contribution in [3.05, 3.63) is 29.3 Å². The monoisotopic (exact) mass is 233 g/mol. The first-order valence-corrected chi connectivity index (χ1v) is 4.85. The van der Waals surface area contributed by atoms with E-state index in [9.17, 15) is 13.2 Å². The fourth-order valence-corrected chi connectivity index (χ4v) is 1.28. The van der Waals surface area contributed by atoms with E-state index >= 15 is 0 Å². The molecule has 0 aliphatic heterocycles. The Morgan fingerprint density at radius 3 is 2.44 bits per heavy atom. The summed E-state index contributed by atoms with van der Waals surface area (Å²) in [4.78, 5) is 0. The van der Waals surface area contributed by atoms with E-state index < -0.39 is 12.8 Å². The predicted molar refractivity (Wildman–Crippen MR) is 55.3 cm³/mol. The quantitative estimate of drug-likeness (QED) is 0.871. The number of hydrogen-bond acceptors (Lipinski definition) is 2. The van der Waals surface area contributed by atoms with E-state index in [1.165, 1.54) is 6.07 Å². The minimum absolute atomic E-state index is 0.143. The number of ether oxygens (including phenoxy) is 1. The Labute approximate surface area is 92.2 Å². The molecule has 1 rings (SSSR count). The summed E-state index contributed by atoms with van der Waals surface area (Å²) in [5.74, 6) is 0.238. The summed E-state index contributed by atoms with van der Waals surface area (Å²) < 4.78 is 40.5. The van der Waals surface area contributed by atoms with Crippen LogP contribution in [0.3, 0.4) is 0 Å². The first-order chi connectivity index (χ1) is 7.29. The van der Waals surface area contributed by atoms with Gasteiger partial charge in [0.1, 0.15) is 5.75 Å². The zero-order chi connectivity index (χ0) is 12.3. The van der Waals surface area contributed by atoms with Gasteiger partial charge in [-0.1, -0.05) is 12.1 Å². The lowest BCUT2D eigenvalue weighted by Crippen LogP contribution is -2.19. The molecule has 0 spiro atoms. The summed E-state index contributed by atoms with van der Waals surface area (Å²) in [7, 11) is 0. The molecular weight excluding hydrogens is 219 g/mol. The highest BCUT2D eigenvalue weighted by atomic mass is 19.4. The molecule has 0 fully saturated rings. The molecule has 0 radical (unpaired) electrons. The minimum Gasteiger partial charge on any atom is -0.484 e. The van der Waals surface area contributed by atoms with E-state index in [1.54, 1.807) is 19.1 Å². The summed E-state index contributed by atoms with van der Waals surface area (Å²) in [5, 5.41) is 0. The normalized spacial score (nSPS) is 13.6. The van der Waals surface area contributed by atoms with Crippen LogP contribution in [0.5, 0.6) is 5.75 Å². The molecule has 1 aromatic rings. The zero-order valence-corrected chi connectivity index (χ0v) is 9.14. The smallest absolute Gasteiger partial charge is 0.422 e. The van der Waals surface area contributed by atoms with Crippen molar-refractivity contribution in [3.63, 3.8) is 0 Å². The number of hydrogen-bond donors (Lipinski definition) is 1. The molecule has 0 saturated heterocycles. The highest BCUT2D eigenvalue weighted by Crippen LogP contribution is 2.24. The molecule has 0 saturated carbocycles. The second-order valence-electron chi connectivity index (χ2n) is 3.72. The lowest BCUT2D eigenvalue weighted by atomic mass is 10.1. The molecule has 1 atom stereocenters. The number of nitrogens with two attached hydrogens (primary N) is 1. The third-order valence-corrected chi connectivity index (χ3v) is 2.12. The zero-order valence-electron chi connectivity index (χ0n) is 9.14. The van der Waals surface area contributed by atoms with E-state index in [0.717, 1.165) is 5.56 Å². The number of halogens is 3. The van der Waals surface area contributed by atoms with Crippen LogP contribution in [0.15, 0.2) is 18.2 Å². The van der Waals surface area contributed by atoms with Gasteiger partial charge in [-0.2, -0.15) is 13.2 Å². The molecule has 1 unspecified atom stereocenters. The summed E-state index contributed by atoms with van der Waals surface area (Å²) in [6.07, 6.45) is -4.31. The Bertz CT molecular complexity index is 361. The highest BCUT2D eigenvalue weighted by Gasteiger charge is 2.28. The van der Waals surface area contributed by atoms with E-state index in [4.69, 9.17) is 5.73 Å². The van der Waals surface area contributed by atoms with Crippen LogP contribution in [0.1, 0.15) is 24.1 Å². The van der Waals surface area contributed by atoms with Crippen molar-refractivity contribution < 1.29 is 17.9 Å². The predicted octanol–water partition coefficient (Wildman–Crippen LogP) is 2.96. The fraction of sp³-hybridized carbons (Fsp3) is 0.455. The number of alkyl halides is 3. The van der Waals surface area contributed by atoms with Crippen molar-refractivity contribution in [2.75, 3.05) is 6.61 Å². The van der Waals surface area contributed by atoms with Crippen LogP contribution in [-0.4, -0.2) is 12.8 Å². The summed E-state index contributed by atoms with van der Waals surface area (Å²) >= 11 is 0. The van der Waals surface area contributed by atoms with Crippen LogP contribution in [-0.2, 0) is 0 Å². The molecule has 16 heavy (non-hydrogen) atoms. The molecule has 0 aliphatic carbocycles. The van der Waals surface area contributed by atoms with E-state index in [1.807, 2.05) is 6.92 Å². The third kappa shape index (κ3) is 3.73. The lowest BCUT2D eigenvalue weighted by molar-refractivity contribution is -0.153. The fourth-order valence-electron chi connectivity index (χ4n) is 1.28. The summed E-state index contributed by atoms with van der Waals surface area (Å²) in [6.45, 7) is 2.23. The number of rotatable bonds is 3. The molecule has 1 aromatic carbocycles. The number of benzene rings is 1. The Hall–Kier alpha value is -1.23. The van der Waals surface area contributed by atoms with E-state index in [2.05, 4.69) is 4.74 Å². The van der Waals surface area contributed by atoms with Gasteiger partial charge in [0.15, 0.2) is 6.61 Å². The van der Waals surface area contributed by atoms with Gasteiger partial charge >= 0.3 is 6.18 Å². The van der Waals surface area contributed by atoms with Crippen molar-refractivity contribution in [2.45, 2.75) is 26.1 Å². The van der Waals surface area contributed by atoms with Gasteiger partial charge in [0, 0.05) is 6.04 Å². The molecule has 0 aliphatic rings. The van der Waals surface area contributed by atoms with Gasteiger partial charge in [0.2, 0.25) is 0 Å². The molecule has 2 nitrogen and oxygen atoms in total. The van der Waals surface area contributed by atoms with Crippen LogP contribution in [0.4, 0.5) is 13.2 Å². The molecule has 0 bridgehead atoms. The van der Waals surface area contributed by atoms with Gasteiger partial charge in [-0.25, -0.2) is 0 Å². The van der Waals surface area contributed by atoms with Gasteiger partial charge in [-0.15, -0.1) is 0 Å². The summed E-state index contributed by atoms with van der Waals surface area (Å²) in [6, 6.07) is 4.77. The maximum absolute atomic E-state index is 11.9. The van der Waals surface area contributed by atoms with Gasteiger partial charge < -0.3 is 10.5 Å². The molecule has 0 aromatic heterocycles. The van der Waals surface area contributed by atoms with Crippen molar-refractivity contribution in [3.8, 4) is 5.75 Å². The Morgan fingerprint density at radius 2 is 2.00 bits per heavy atom. The molecule has 5 heteroatoms. The van der Waals surface area contributed by atoms with Gasteiger partial charge in [-0.05, 0) is 31.0 Å². The van der Waals surface area contributed by atoms with Crippen LogP contribution < -0.4 is 10.5 Å².